The highest BCUT2D eigenvalue weighted by Gasteiger charge is 2.32. The Labute approximate surface area is 142 Å². The molecule has 1 unspecified atom stereocenters. The molecule has 0 bridgehead atoms. The van der Waals surface area contributed by atoms with Crippen molar-refractivity contribution >= 4 is 11.8 Å². The molecule has 24 heavy (non-hydrogen) atoms. The third-order valence-corrected chi connectivity index (χ3v) is 4.85. The average molecular weight is 334 g/mol. The number of amides is 2. The second kappa shape index (κ2) is 7.83. The van der Waals surface area contributed by atoms with Crippen LogP contribution in [-0.4, -0.2) is 49.1 Å². The Hall–Kier alpha value is -1.82. The van der Waals surface area contributed by atoms with Crippen molar-refractivity contribution in [3.63, 3.8) is 0 Å². The Morgan fingerprint density at radius 1 is 1.25 bits per heavy atom. The molecule has 1 aromatic heterocycles. The van der Waals surface area contributed by atoms with Gasteiger partial charge in [-0.3, -0.25) is 9.59 Å². The Morgan fingerprint density at radius 3 is 2.67 bits per heavy atom. The maximum absolute atomic E-state index is 12.3. The first-order valence-electron chi connectivity index (χ1n) is 8.87. The topological polar surface area (TPSA) is 71.8 Å². The summed E-state index contributed by atoms with van der Waals surface area (Å²) < 4.78 is 11.0. The number of rotatable bonds is 5. The monoisotopic (exact) mass is 334 g/mol. The fourth-order valence-corrected chi connectivity index (χ4v) is 3.41. The second-order valence-electron chi connectivity index (χ2n) is 6.65. The third kappa shape index (κ3) is 4.17. The van der Waals surface area contributed by atoms with Crippen LogP contribution < -0.4 is 5.32 Å². The van der Waals surface area contributed by atoms with Gasteiger partial charge in [-0.2, -0.15) is 0 Å². The first-order valence-corrected chi connectivity index (χ1v) is 8.87. The highest BCUT2D eigenvalue weighted by atomic mass is 16.5. The number of nitrogens with one attached hydrogen (secondary N) is 1. The summed E-state index contributed by atoms with van der Waals surface area (Å²) in [4.78, 5) is 26.4. The van der Waals surface area contributed by atoms with Gasteiger partial charge in [0.1, 0.15) is 17.6 Å². The van der Waals surface area contributed by atoms with E-state index in [1.54, 1.807) is 0 Å². The van der Waals surface area contributed by atoms with Gasteiger partial charge in [-0.05, 0) is 44.7 Å². The van der Waals surface area contributed by atoms with Gasteiger partial charge in [-0.15, -0.1) is 0 Å². The Kier molecular flexibility index (Phi) is 5.56. The van der Waals surface area contributed by atoms with Crippen molar-refractivity contribution in [2.24, 2.45) is 5.92 Å². The number of ether oxygens (including phenoxy) is 1. The molecule has 1 N–H and O–H groups in total. The van der Waals surface area contributed by atoms with Crippen LogP contribution in [0.15, 0.2) is 16.5 Å². The van der Waals surface area contributed by atoms with Crippen LogP contribution in [0, 0.1) is 12.8 Å². The fourth-order valence-electron chi connectivity index (χ4n) is 3.41. The summed E-state index contributed by atoms with van der Waals surface area (Å²) in [6.07, 6.45) is 3.69. The van der Waals surface area contributed by atoms with Crippen LogP contribution in [0.4, 0.5) is 0 Å². The molecular weight excluding hydrogens is 308 g/mol. The molecule has 0 aliphatic carbocycles. The van der Waals surface area contributed by atoms with E-state index in [1.165, 1.54) is 0 Å². The summed E-state index contributed by atoms with van der Waals surface area (Å²) >= 11 is 0. The molecular formula is C18H26N2O4. The van der Waals surface area contributed by atoms with E-state index in [-0.39, 0.29) is 23.8 Å². The molecule has 2 saturated heterocycles. The quantitative estimate of drug-likeness (QED) is 0.889. The fraction of sp³-hybridized carbons (Fsp3) is 0.667. The molecule has 3 heterocycles. The molecule has 6 nitrogen and oxygen atoms in total. The number of furan rings is 1. The van der Waals surface area contributed by atoms with Crippen LogP contribution in [0.1, 0.15) is 37.2 Å². The van der Waals surface area contributed by atoms with E-state index in [0.717, 1.165) is 37.2 Å². The predicted octanol–water partition coefficient (Wildman–Crippen LogP) is 1.66. The standard InChI is InChI=1S/C18H26N2O4/c1-13-4-5-15(24-13)6-9-19-17(21)14-7-10-20(11-8-14)18(22)16-3-2-12-23-16/h4-5,14,16H,2-3,6-12H2,1H3,(H,19,21). The lowest BCUT2D eigenvalue weighted by Crippen LogP contribution is -2.46. The van der Waals surface area contributed by atoms with Gasteiger partial charge >= 0.3 is 0 Å². The van der Waals surface area contributed by atoms with Gasteiger partial charge in [0, 0.05) is 38.6 Å². The van der Waals surface area contributed by atoms with Crippen molar-refractivity contribution in [1.29, 1.82) is 0 Å². The Bertz CT molecular complexity index is 569. The molecule has 3 rings (SSSR count). The first kappa shape index (κ1) is 17.0. The van der Waals surface area contributed by atoms with Crippen LogP contribution in [0.2, 0.25) is 0 Å². The minimum atomic E-state index is -0.257. The number of carbonyl (C=O) groups excluding carboxylic acids is 2. The smallest absolute Gasteiger partial charge is 0.251 e. The lowest BCUT2D eigenvalue weighted by molar-refractivity contribution is -0.143. The van der Waals surface area contributed by atoms with Crippen molar-refractivity contribution < 1.29 is 18.7 Å². The number of carbonyl (C=O) groups is 2. The molecule has 0 aromatic carbocycles. The number of nitrogens with zero attached hydrogens (tertiary/aromatic N) is 1. The van der Waals surface area contributed by atoms with Gasteiger partial charge in [-0.25, -0.2) is 0 Å². The Morgan fingerprint density at radius 2 is 2.04 bits per heavy atom. The third-order valence-electron chi connectivity index (χ3n) is 4.85. The van der Waals surface area contributed by atoms with Crippen molar-refractivity contribution in [3.05, 3.63) is 23.7 Å². The molecule has 6 heteroatoms. The van der Waals surface area contributed by atoms with Crippen LogP contribution in [0.25, 0.3) is 0 Å². The van der Waals surface area contributed by atoms with Gasteiger partial charge in [-0.1, -0.05) is 0 Å². The summed E-state index contributed by atoms with van der Waals surface area (Å²) in [5, 5.41) is 2.98. The van der Waals surface area contributed by atoms with Crippen molar-refractivity contribution in [2.75, 3.05) is 26.2 Å². The van der Waals surface area contributed by atoms with Crippen molar-refractivity contribution in [3.8, 4) is 0 Å². The van der Waals surface area contributed by atoms with E-state index in [4.69, 9.17) is 9.15 Å². The van der Waals surface area contributed by atoms with Gasteiger partial charge in [0.05, 0.1) is 0 Å². The summed E-state index contributed by atoms with van der Waals surface area (Å²) in [5.41, 5.74) is 0. The molecule has 1 aromatic rings. The van der Waals surface area contributed by atoms with E-state index < -0.39 is 0 Å². The molecule has 0 spiro atoms. The van der Waals surface area contributed by atoms with Gasteiger partial charge in [0.15, 0.2) is 0 Å². The predicted molar refractivity (Wildman–Crippen MR) is 88.4 cm³/mol. The van der Waals surface area contributed by atoms with E-state index in [0.29, 0.717) is 32.7 Å². The SMILES string of the molecule is Cc1ccc(CCNC(=O)C2CCN(C(=O)C3CCCO3)CC2)o1. The van der Waals surface area contributed by atoms with Gasteiger partial charge < -0.3 is 19.4 Å². The highest BCUT2D eigenvalue weighted by molar-refractivity contribution is 5.82. The van der Waals surface area contributed by atoms with Gasteiger partial charge in [0.2, 0.25) is 5.91 Å². The summed E-state index contributed by atoms with van der Waals surface area (Å²) in [5.74, 6) is 1.96. The summed E-state index contributed by atoms with van der Waals surface area (Å²) in [7, 11) is 0. The molecule has 2 fully saturated rings. The first-order chi connectivity index (χ1) is 11.6. The molecule has 0 saturated carbocycles. The largest absolute Gasteiger partial charge is 0.466 e. The minimum absolute atomic E-state index is 0.00289. The zero-order valence-corrected chi connectivity index (χ0v) is 14.3. The van der Waals surface area contributed by atoms with E-state index in [1.807, 2.05) is 24.0 Å². The molecule has 132 valence electrons. The van der Waals surface area contributed by atoms with Gasteiger partial charge in [0.25, 0.3) is 5.91 Å². The number of hydrogen-bond donors (Lipinski definition) is 1. The lowest BCUT2D eigenvalue weighted by Gasteiger charge is -2.32. The zero-order valence-electron chi connectivity index (χ0n) is 14.3. The van der Waals surface area contributed by atoms with E-state index in [9.17, 15) is 9.59 Å². The van der Waals surface area contributed by atoms with Crippen molar-refractivity contribution in [1.82, 2.24) is 10.2 Å². The Balaban J connectivity index is 1.37. The number of hydrogen-bond acceptors (Lipinski definition) is 4. The van der Waals surface area contributed by atoms with E-state index in [2.05, 4.69) is 5.32 Å². The minimum Gasteiger partial charge on any atom is -0.466 e. The maximum atomic E-state index is 12.3. The molecule has 2 amide bonds. The normalized spacial score (nSPS) is 21.9. The molecule has 1 atom stereocenters. The summed E-state index contributed by atoms with van der Waals surface area (Å²) in [6, 6.07) is 3.87. The maximum Gasteiger partial charge on any atom is 0.251 e. The highest BCUT2D eigenvalue weighted by Crippen LogP contribution is 2.21. The summed E-state index contributed by atoms with van der Waals surface area (Å²) in [6.45, 7) is 4.47. The van der Waals surface area contributed by atoms with Crippen LogP contribution in [-0.2, 0) is 20.7 Å². The number of aryl methyl sites for hydroxylation is 1. The van der Waals surface area contributed by atoms with Crippen LogP contribution in [0.5, 0.6) is 0 Å². The van der Waals surface area contributed by atoms with Crippen molar-refractivity contribution in [2.45, 2.75) is 45.1 Å². The van der Waals surface area contributed by atoms with E-state index >= 15 is 0 Å². The van der Waals surface area contributed by atoms with Crippen LogP contribution in [0.3, 0.4) is 0 Å². The lowest BCUT2D eigenvalue weighted by atomic mass is 9.95. The zero-order chi connectivity index (χ0) is 16.9. The molecule has 2 aliphatic heterocycles. The van der Waals surface area contributed by atoms with Crippen LogP contribution >= 0.6 is 0 Å². The molecule has 2 aliphatic rings. The number of piperidine rings is 1. The molecule has 0 radical (unpaired) electrons. The second-order valence-corrected chi connectivity index (χ2v) is 6.65. The number of likely N-dealkylation sites (tertiary alicyclic amines) is 1. The average Bonchev–Trinajstić information content (AvgIpc) is 3.26.